The summed E-state index contributed by atoms with van der Waals surface area (Å²) in [6.07, 6.45) is -0.507. The molecule has 0 spiro atoms. The fraction of sp³-hybridized carbons (Fsp3) is 0.300. The third kappa shape index (κ3) is 2.15. The summed E-state index contributed by atoms with van der Waals surface area (Å²) in [5.74, 6) is 0.677. The van der Waals surface area contributed by atoms with Crippen molar-refractivity contribution in [3.05, 3.63) is 28.8 Å². The molecule has 0 saturated heterocycles. The highest BCUT2D eigenvalue weighted by Crippen LogP contribution is 2.35. The van der Waals surface area contributed by atoms with E-state index in [9.17, 15) is 4.79 Å². The minimum absolute atomic E-state index is 0.156. The molecule has 80 valence electrons. The van der Waals surface area contributed by atoms with E-state index in [1.54, 1.807) is 6.07 Å². The van der Waals surface area contributed by atoms with Crippen LogP contribution in [0.2, 0.25) is 5.02 Å². The molecular weight excluding hydrogens is 218 g/mol. The van der Waals surface area contributed by atoms with Crippen LogP contribution >= 0.6 is 11.6 Å². The summed E-state index contributed by atoms with van der Waals surface area (Å²) in [5, 5.41) is 11.3. The molecule has 1 aliphatic heterocycles. The Kier molecular flexibility index (Phi) is 2.68. The number of hydrogen-bond acceptors (Lipinski definition) is 2. The van der Waals surface area contributed by atoms with Gasteiger partial charge in [0.2, 0.25) is 0 Å². The van der Waals surface area contributed by atoms with Crippen LogP contribution in [0.5, 0.6) is 5.75 Å². The van der Waals surface area contributed by atoms with E-state index >= 15 is 0 Å². The molecule has 4 nitrogen and oxygen atoms in total. The van der Waals surface area contributed by atoms with Crippen molar-refractivity contribution in [2.45, 2.75) is 12.5 Å². The quantitative estimate of drug-likeness (QED) is 0.812. The van der Waals surface area contributed by atoms with Crippen molar-refractivity contribution in [3.63, 3.8) is 0 Å². The van der Waals surface area contributed by atoms with Crippen LogP contribution in [0, 0.1) is 0 Å². The number of amides is 1. The average Bonchev–Trinajstić information content (AvgIpc) is 2.59. The lowest BCUT2D eigenvalue weighted by Crippen LogP contribution is -2.33. The van der Waals surface area contributed by atoms with E-state index in [0.717, 1.165) is 5.56 Å². The van der Waals surface area contributed by atoms with Gasteiger partial charge in [-0.25, -0.2) is 4.79 Å². The van der Waals surface area contributed by atoms with Crippen molar-refractivity contribution < 1.29 is 14.6 Å². The largest absolute Gasteiger partial charge is 0.486 e. The predicted octanol–water partition coefficient (Wildman–Crippen LogP) is 1.91. The molecule has 0 aromatic heterocycles. The van der Waals surface area contributed by atoms with Gasteiger partial charge in [0.1, 0.15) is 11.9 Å². The second kappa shape index (κ2) is 3.98. The topological polar surface area (TPSA) is 58.6 Å². The molecule has 0 bridgehead atoms. The Balaban J connectivity index is 2.03. The van der Waals surface area contributed by atoms with Crippen LogP contribution in [0.15, 0.2) is 18.2 Å². The Hall–Kier alpha value is -1.42. The SMILES string of the molecule is O=C(O)NCC1Cc2cccc(Cl)c2O1. The molecular formula is C10H10ClNO3. The molecule has 5 heteroatoms. The Morgan fingerprint density at radius 1 is 1.67 bits per heavy atom. The zero-order valence-corrected chi connectivity index (χ0v) is 8.62. The number of para-hydroxylation sites is 1. The van der Waals surface area contributed by atoms with E-state index < -0.39 is 6.09 Å². The van der Waals surface area contributed by atoms with Crippen LogP contribution in [0.25, 0.3) is 0 Å². The van der Waals surface area contributed by atoms with Gasteiger partial charge in [-0.15, -0.1) is 0 Å². The highest BCUT2D eigenvalue weighted by molar-refractivity contribution is 6.32. The molecule has 1 atom stereocenters. The van der Waals surface area contributed by atoms with E-state index in [2.05, 4.69) is 5.32 Å². The van der Waals surface area contributed by atoms with Gasteiger partial charge in [-0.3, -0.25) is 0 Å². The fourth-order valence-electron chi connectivity index (χ4n) is 1.61. The van der Waals surface area contributed by atoms with Crippen LogP contribution in [0.1, 0.15) is 5.56 Å². The first-order chi connectivity index (χ1) is 7.16. The first-order valence-corrected chi connectivity index (χ1v) is 4.95. The van der Waals surface area contributed by atoms with Crippen molar-refractivity contribution in [2.75, 3.05) is 6.54 Å². The summed E-state index contributed by atoms with van der Waals surface area (Å²) >= 11 is 5.94. The first kappa shape index (κ1) is 10.1. The van der Waals surface area contributed by atoms with Gasteiger partial charge in [0.25, 0.3) is 0 Å². The molecule has 1 unspecified atom stereocenters. The third-order valence-electron chi connectivity index (χ3n) is 2.26. The van der Waals surface area contributed by atoms with Crippen molar-refractivity contribution in [1.82, 2.24) is 5.32 Å². The summed E-state index contributed by atoms with van der Waals surface area (Å²) in [6.45, 7) is 0.278. The zero-order valence-electron chi connectivity index (χ0n) is 7.87. The molecule has 0 saturated carbocycles. The van der Waals surface area contributed by atoms with Gasteiger partial charge >= 0.3 is 6.09 Å². The van der Waals surface area contributed by atoms with Crippen molar-refractivity contribution in [1.29, 1.82) is 0 Å². The van der Waals surface area contributed by atoms with Gasteiger partial charge in [0.05, 0.1) is 11.6 Å². The number of nitrogens with one attached hydrogen (secondary N) is 1. The lowest BCUT2D eigenvalue weighted by Gasteiger charge is -2.10. The van der Waals surface area contributed by atoms with Crippen LogP contribution < -0.4 is 10.1 Å². The van der Waals surface area contributed by atoms with Gasteiger partial charge in [-0.05, 0) is 11.6 Å². The highest BCUT2D eigenvalue weighted by atomic mass is 35.5. The summed E-state index contributed by atoms with van der Waals surface area (Å²) in [6, 6.07) is 5.55. The molecule has 2 N–H and O–H groups in total. The Labute approximate surface area is 91.8 Å². The molecule has 0 fully saturated rings. The standard InChI is InChI=1S/C10H10ClNO3/c11-8-3-1-2-6-4-7(15-9(6)8)5-12-10(13)14/h1-3,7,12H,4-5H2,(H,13,14). The molecule has 15 heavy (non-hydrogen) atoms. The Bertz CT molecular complexity index is 394. The smallest absolute Gasteiger partial charge is 0.404 e. The molecule has 1 amide bonds. The van der Waals surface area contributed by atoms with Crippen LogP contribution in [-0.4, -0.2) is 23.8 Å². The summed E-state index contributed by atoms with van der Waals surface area (Å²) in [4.78, 5) is 10.3. The van der Waals surface area contributed by atoms with Crippen molar-refractivity contribution >= 4 is 17.7 Å². The summed E-state index contributed by atoms with van der Waals surface area (Å²) in [7, 11) is 0. The number of carboxylic acid groups (broad SMARTS) is 1. The number of ether oxygens (including phenoxy) is 1. The minimum Gasteiger partial charge on any atom is -0.486 e. The number of fused-ring (bicyclic) bond motifs is 1. The van der Waals surface area contributed by atoms with E-state index in [4.69, 9.17) is 21.4 Å². The molecule has 1 aromatic carbocycles. The maximum atomic E-state index is 10.3. The van der Waals surface area contributed by atoms with Crippen LogP contribution in [0.3, 0.4) is 0 Å². The van der Waals surface area contributed by atoms with Crippen molar-refractivity contribution in [2.24, 2.45) is 0 Å². The number of benzene rings is 1. The number of carbonyl (C=O) groups is 1. The maximum absolute atomic E-state index is 10.3. The Morgan fingerprint density at radius 3 is 3.13 bits per heavy atom. The van der Waals surface area contributed by atoms with Gasteiger partial charge in [-0.2, -0.15) is 0 Å². The normalized spacial score (nSPS) is 18.1. The Morgan fingerprint density at radius 2 is 2.47 bits per heavy atom. The number of rotatable bonds is 2. The van der Waals surface area contributed by atoms with E-state index in [0.29, 0.717) is 17.2 Å². The average molecular weight is 228 g/mol. The second-order valence-electron chi connectivity index (χ2n) is 3.36. The molecule has 2 rings (SSSR count). The van der Waals surface area contributed by atoms with Gasteiger partial charge < -0.3 is 15.2 Å². The van der Waals surface area contributed by atoms with Gasteiger partial charge in [0, 0.05) is 6.42 Å². The van der Waals surface area contributed by atoms with E-state index in [1.165, 1.54) is 0 Å². The lowest BCUT2D eigenvalue weighted by molar-refractivity contribution is 0.181. The molecule has 1 aromatic rings. The molecule has 1 heterocycles. The van der Waals surface area contributed by atoms with Crippen LogP contribution in [0.4, 0.5) is 4.79 Å². The monoisotopic (exact) mass is 227 g/mol. The minimum atomic E-state index is -1.04. The number of hydrogen-bond donors (Lipinski definition) is 2. The van der Waals surface area contributed by atoms with Gasteiger partial charge in [-0.1, -0.05) is 23.7 Å². The summed E-state index contributed by atoms with van der Waals surface area (Å²) < 4.78 is 5.53. The lowest BCUT2D eigenvalue weighted by atomic mass is 10.1. The second-order valence-corrected chi connectivity index (χ2v) is 3.77. The van der Waals surface area contributed by atoms with Gasteiger partial charge in [0.15, 0.2) is 0 Å². The maximum Gasteiger partial charge on any atom is 0.404 e. The first-order valence-electron chi connectivity index (χ1n) is 4.57. The summed E-state index contributed by atoms with van der Waals surface area (Å²) in [5.41, 5.74) is 1.03. The van der Waals surface area contributed by atoms with E-state index in [-0.39, 0.29) is 12.6 Å². The molecule has 1 aliphatic rings. The zero-order chi connectivity index (χ0) is 10.8. The predicted molar refractivity (Wildman–Crippen MR) is 55.6 cm³/mol. The molecule has 0 aliphatic carbocycles. The molecule has 0 radical (unpaired) electrons. The highest BCUT2D eigenvalue weighted by Gasteiger charge is 2.24. The number of halogens is 1. The van der Waals surface area contributed by atoms with E-state index in [1.807, 2.05) is 12.1 Å². The van der Waals surface area contributed by atoms with Crippen LogP contribution in [-0.2, 0) is 6.42 Å². The van der Waals surface area contributed by atoms with Crippen molar-refractivity contribution in [3.8, 4) is 5.75 Å². The third-order valence-corrected chi connectivity index (χ3v) is 2.56. The fourth-order valence-corrected chi connectivity index (χ4v) is 1.85.